The summed E-state index contributed by atoms with van der Waals surface area (Å²) in [6.07, 6.45) is 0.568. The summed E-state index contributed by atoms with van der Waals surface area (Å²) in [5, 5.41) is 6.53. The van der Waals surface area contributed by atoms with E-state index in [-0.39, 0.29) is 5.91 Å². The second kappa shape index (κ2) is 4.64. The first-order valence-corrected chi connectivity index (χ1v) is 5.38. The zero-order valence-electron chi connectivity index (χ0n) is 8.29. The number of benzene rings is 1. The highest BCUT2D eigenvalue weighted by Gasteiger charge is 2.20. The molecule has 1 aromatic rings. The van der Waals surface area contributed by atoms with E-state index in [0.29, 0.717) is 23.0 Å². The minimum Gasteiger partial charge on any atom is -0.325 e. The molecule has 0 spiro atoms. The minimum atomic E-state index is 0.0367. The van der Waals surface area contributed by atoms with Crippen LogP contribution in [0.15, 0.2) is 24.3 Å². The van der Waals surface area contributed by atoms with E-state index in [2.05, 4.69) is 10.6 Å². The fraction of sp³-hybridized carbons (Fsp3) is 0.364. The first-order valence-electron chi connectivity index (χ1n) is 5.01. The summed E-state index contributed by atoms with van der Waals surface area (Å²) < 4.78 is 0. The Morgan fingerprint density at radius 2 is 2.20 bits per heavy atom. The summed E-state index contributed by atoms with van der Waals surface area (Å²) >= 11 is 5.93. The summed E-state index contributed by atoms with van der Waals surface area (Å²) in [4.78, 5) is 11.6. The smallest absolute Gasteiger partial charge is 0.224 e. The predicted octanol–water partition coefficient (Wildman–Crippen LogP) is 1.89. The van der Waals surface area contributed by atoms with E-state index in [4.69, 9.17) is 11.6 Å². The van der Waals surface area contributed by atoms with Gasteiger partial charge in [0.1, 0.15) is 0 Å². The van der Waals surface area contributed by atoms with Gasteiger partial charge in [-0.25, -0.2) is 0 Å². The van der Waals surface area contributed by atoms with Gasteiger partial charge in [0.15, 0.2) is 0 Å². The Hall–Kier alpha value is -1.06. The minimum absolute atomic E-state index is 0.0367. The van der Waals surface area contributed by atoms with Gasteiger partial charge in [0.25, 0.3) is 0 Å². The first kappa shape index (κ1) is 10.5. The van der Waals surface area contributed by atoms with Crippen molar-refractivity contribution in [2.24, 2.45) is 5.92 Å². The zero-order chi connectivity index (χ0) is 10.7. The second-order valence-electron chi connectivity index (χ2n) is 3.76. The average Bonchev–Trinajstić information content (AvgIpc) is 2.16. The molecule has 15 heavy (non-hydrogen) atoms. The van der Waals surface area contributed by atoms with E-state index < -0.39 is 0 Å². The van der Waals surface area contributed by atoms with Crippen molar-refractivity contribution in [3.8, 4) is 0 Å². The Bertz CT molecular complexity index is 363. The maximum Gasteiger partial charge on any atom is 0.224 e. The van der Waals surface area contributed by atoms with E-state index >= 15 is 0 Å². The lowest BCUT2D eigenvalue weighted by Gasteiger charge is -2.26. The number of carbonyl (C=O) groups is 1. The van der Waals surface area contributed by atoms with Crippen LogP contribution in [0.5, 0.6) is 0 Å². The van der Waals surface area contributed by atoms with E-state index in [1.54, 1.807) is 12.1 Å². The number of rotatable bonds is 3. The third kappa shape index (κ3) is 2.70. The standard InChI is InChI=1S/C11H13ClN2O/c12-9-3-1-2-4-10(9)14-11(15)5-8-6-13-7-8/h1-4,8,13H,5-7H2,(H,14,15). The highest BCUT2D eigenvalue weighted by molar-refractivity contribution is 6.33. The molecule has 3 nitrogen and oxygen atoms in total. The number of amides is 1. The SMILES string of the molecule is O=C(CC1CNC1)Nc1ccccc1Cl. The normalized spacial score (nSPS) is 15.8. The summed E-state index contributed by atoms with van der Waals surface area (Å²) in [6.45, 7) is 1.88. The predicted molar refractivity (Wildman–Crippen MR) is 61.1 cm³/mol. The molecular formula is C11H13ClN2O. The molecule has 0 atom stereocenters. The molecule has 4 heteroatoms. The van der Waals surface area contributed by atoms with E-state index in [9.17, 15) is 4.79 Å². The molecule has 1 fully saturated rings. The molecule has 0 aromatic heterocycles. The van der Waals surface area contributed by atoms with Gasteiger partial charge in [0, 0.05) is 6.42 Å². The highest BCUT2D eigenvalue weighted by atomic mass is 35.5. The molecule has 2 N–H and O–H groups in total. The lowest BCUT2D eigenvalue weighted by Crippen LogP contribution is -2.43. The third-order valence-electron chi connectivity index (χ3n) is 2.49. The van der Waals surface area contributed by atoms with Crippen LogP contribution in [0.1, 0.15) is 6.42 Å². The Labute approximate surface area is 93.8 Å². The van der Waals surface area contributed by atoms with Gasteiger partial charge in [-0.2, -0.15) is 0 Å². The molecule has 0 aliphatic carbocycles. The van der Waals surface area contributed by atoms with Crippen LogP contribution in [-0.4, -0.2) is 19.0 Å². The zero-order valence-corrected chi connectivity index (χ0v) is 9.05. The van der Waals surface area contributed by atoms with Crippen LogP contribution < -0.4 is 10.6 Å². The number of anilines is 1. The molecule has 80 valence electrons. The molecule has 2 rings (SSSR count). The number of para-hydroxylation sites is 1. The quantitative estimate of drug-likeness (QED) is 0.823. The average molecular weight is 225 g/mol. The van der Waals surface area contributed by atoms with Crippen molar-refractivity contribution < 1.29 is 4.79 Å². The molecule has 1 saturated heterocycles. The van der Waals surface area contributed by atoms with Crippen LogP contribution in [0.2, 0.25) is 5.02 Å². The van der Waals surface area contributed by atoms with E-state index in [0.717, 1.165) is 13.1 Å². The maximum absolute atomic E-state index is 11.6. The van der Waals surface area contributed by atoms with Crippen LogP contribution in [0, 0.1) is 5.92 Å². The van der Waals surface area contributed by atoms with Crippen molar-refractivity contribution in [3.63, 3.8) is 0 Å². The lowest BCUT2D eigenvalue weighted by molar-refractivity contribution is -0.117. The summed E-state index contributed by atoms with van der Waals surface area (Å²) in [5.41, 5.74) is 0.691. The monoisotopic (exact) mass is 224 g/mol. The van der Waals surface area contributed by atoms with Gasteiger partial charge in [0.2, 0.25) is 5.91 Å². The largest absolute Gasteiger partial charge is 0.325 e. The Balaban J connectivity index is 1.90. The van der Waals surface area contributed by atoms with Gasteiger partial charge >= 0.3 is 0 Å². The van der Waals surface area contributed by atoms with Crippen molar-refractivity contribution in [1.29, 1.82) is 0 Å². The van der Waals surface area contributed by atoms with Crippen molar-refractivity contribution in [3.05, 3.63) is 29.3 Å². The molecule has 1 aromatic carbocycles. The summed E-state index contributed by atoms with van der Waals surface area (Å²) in [7, 11) is 0. The summed E-state index contributed by atoms with van der Waals surface area (Å²) in [6, 6.07) is 7.27. The molecule has 0 bridgehead atoms. The van der Waals surface area contributed by atoms with E-state index in [1.807, 2.05) is 12.1 Å². The molecule has 0 radical (unpaired) electrons. The van der Waals surface area contributed by atoms with Gasteiger partial charge < -0.3 is 10.6 Å². The molecule has 1 amide bonds. The van der Waals surface area contributed by atoms with Crippen LogP contribution in [0.4, 0.5) is 5.69 Å². The Morgan fingerprint density at radius 1 is 1.47 bits per heavy atom. The topological polar surface area (TPSA) is 41.1 Å². The van der Waals surface area contributed by atoms with Crippen molar-refractivity contribution in [1.82, 2.24) is 5.32 Å². The number of hydrogen-bond donors (Lipinski definition) is 2. The molecule has 0 saturated carbocycles. The number of halogens is 1. The first-order chi connectivity index (χ1) is 7.25. The molecule has 1 aliphatic heterocycles. The third-order valence-corrected chi connectivity index (χ3v) is 2.82. The highest BCUT2D eigenvalue weighted by Crippen LogP contribution is 2.21. The number of carbonyl (C=O) groups excluding carboxylic acids is 1. The summed E-state index contributed by atoms with van der Waals surface area (Å²) in [5.74, 6) is 0.516. The van der Waals surface area contributed by atoms with Gasteiger partial charge in [-0.3, -0.25) is 4.79 Å². The number of nitrogens with one attached hydrogen (secondary N) is 2. The van der Waals surface area contributed by atoms with Gasteiger partial charge in [0.05, 0.1) is 10.7 Å². The molecule has 0 unspecified atom stereocenters. The van der Waals surface area contributed by atoms with Crippen LogP contribution in [-0.2, 0) is 4.79 Å². The molecule has 1 aliphatic rings. The fourth-order valence-electron chi connectivity index (χ4n) is 1.52. The Morgan fingerprint density at radius 3 is 2.80 bits per heavy atom. The van der Waals surface area contributed by atoms with Crippen LogP contribution in [0.3, 0.4) is 0 Å². The lowest BCUT2D eigenvalue weighted by atomic mass is 9.99. The number of hydrogen-bond acceptors (Lipinski definition) is 2. The van der Waals surface area contributed by atoms with Crippen molar-refractivity contribution in [2.45, 2.75) is 6.42 Å². The van der Waals surface area contributed by atoms with Crippen molar-refractivity contribution in [2.75, 3.05) is 18.4 Å². The van der Waals surface area contributed by atoms with Crippen LogP contribution in [0.25, 0.3) is 0 Å². The molecule has 1 heterocycles. The second-order valence-corrected chi connectivity index (χ2v) is 4.16. The Kier molecular flexibility index (Phi) is 3.23. The van der Waals surface area contributed by atoms with Gasteiger partial charge in [-0.15, -0.1) is 0 Å². The maximum atomic E-state index is 11.6. The van der Waals surface area contributed by atoms with Gasteiger partial charge in [-0.05, 0) is 31.1 Å². The van der Waals surface area contributed by atoms with E-state index in [1.165, 1.54) is 0 Å². The van der Waals surface area contributed by atoms with Crippen LogP contribution >= 0.6 is 11.6 Å². The molecular weight excluding hydrogens is 212 g/mol. The van der Waals surface area contributed by atoms with Crippen molar-refractivity contribution >= 4 is 23.2 Å². The fourth-order valence-corrected chi connectivity index (χ4v) is 1.70. The van der Waals surface area contributed by atoms with Gasteiger partial charge in [-0.1, -0.05) is 23.7 Å².